The van der Waals surface area contributed by atoms with E-state index in [4.69, 9.17) is 23.7 Å². The maximum absolute atomic E-state index is 12.8. The summed E-state index contributed by atoms with van der Waals surface area (Å²) in [5.41, 5.74) is 0.340. The van der Waals surface area contributed by atoms with Gasteiger partial charge in [-0.3, -0.25) is 9.59 Å². The molecule has 1 aliphatic heterocycles. The number of nitrogens with zero attached hydrogens (tertiary/aromatic N) is 1. The zero-order valence-electron chi connectivity index (χ0n) is 18.9. The highest BCUT2D eigenvalue weighted by atomic mass is 16.7. The summed E-state index contributed by atoms with van der Waals surface area (Å²) in [5, 5.41) is 5.75. The molecule has 178 valence electrons. The molecule has 1 fully saturated rings. The molecule has 1 aliphatic rings. The summed E-state index contributed by atoms with van der Waals surface area (Å²) < 4.78 is 25.7. The number of ether oxygens (including phenoxy) is 5. The second-order valence-electron chi connectivity index (χ2n) is 7.07. The lowest BCUT2D eigenvalue weighted by Gasteiger charge is -2.32. The van der Waals surface area contributed by atoms with Gasteiger partial charge in [-0.05, 0) is 32.0 Å². The standard InChI is InChI=1S/C21H31N3O8/c1-22-8-7-18(25)31-13-32-21(27)24-9-5-6-15(12-24)23-20(26)14-10-16(28-2)19(30-4)17(11-14)29-3/h10-11,15,22H,5-9,12-13H2,1-4H3,(H,23,26). The molecule has 1 atom stereocenters. The topological polar surface area (TPSA) is 125 Å². The van der Waals surface area contributed by atoms with E-state index in [0.717, 1.165) is 0 Å². The highest BCUT2D eigenvalue weighted by molar-refractivity contribution is 5.95. The third-order valence-corrected chi connectivity index (χ3v) is 4.92. The fraction of sp³-hybridized carbons (Fsp3) is 0.571. The Balaban J connectivity index is 1.91. The number of carbonyl (C=O) groups excluding carboxylic acids is 3. The van der Waals surface area contributed by atoms with Gasteiger partial charge in [0.15, 0.2) is 11.5 Å². The van der Waals surface area contributed by atoms with Crippen molar-refractivity contribution in [2.75, 3.05) is 54.8 Å². The molecule has 2 rings (SSSR count). The van der Waals surface area contributed by atoms with E-state index in [9.17, 15) is 14.4 Å². The van der Waals surface area contributed by atoms with Gasteiger partial charge in [-0.15, -0.1) is 0 Å². The summed E-state index contributed by atoms with van der Waals surface area (Å²) in [6.45, 7) is 0.804. The Morgan fingerprint density at radius 1 is 1.06 bits per heavy atom. The van der Waals surface area contributed by atoms with Crippen molar-refractivity contribution in [2.45, 2.75) is 25.3 Å². The van der Waals surface area contributed by atoms with Gasteiger partial charge in [0.25, 0.3) is 5.91 Å². The van der Waals surface area contributed by atoms with Crippen LogP contribution >= 0.6 is 0 Å². The summed E-state index contributed by atoms with van der Waals surface area (Å²) in [7, 11) is 6.16. The van der Waals surface area contributed by atoms with Crippen LogP contribution in [0.4, 0.5) is 4.79 Å². The number of carbonyl (C=O) groups is 3. The first kappa shape index (κ1) is 25.1. The van der Waals surface area contributed by atoms with Gasteiger partial charge in [0.05, 0.1) is 27.8 Å². The van der Waals surface area contributed by atoms with E-state index in [1.54, 1.807) is 19.2 Å². The molecule has 0 saturated carbocycles. The number of amides is 2. The molecule has 0 spiro atoms. The van der Waals surface area contributed by atoms with Crippen LogP contribution in [0.15, 0.2) is 12.1 Å². The van der Waals surface area contributed by atoms with E-state index < -0.39 is 18.9 Å². The second-order valence-corrected chi connectivity index (χ2v) is 7.07. The summed E-state index contributed by atoms with van der Waals surface area (Å²) in [6, 6.07) is 2.86. The van der Waals surface area contributed by atoms with Crippen LogP contribution in [0.1, 0.15) is 29.6 Å². The summed E-state index contributed by atoms with van der Waals surface area (Å²) in [5.74, 6) is 0.347. The maximum Gasteiger partial charge on any atom is 0.412 e. The van der Waals surface area contributed by atoms with Crippen molar-refractivity contribution in [3.63, 3.8) is 0 Å². The van der Waals surface area contributed by atoms with E-state index in [0.29, 0.717) is 48.7 Å². The zero-order valence-corrected chi connectivity index (χ0v) is 18.9. The molecule has 2 N–H and O–H groups in total. The number of nitrogens with one attached hydrogen (secondary N) is 2. The summed E-state index contributed by atoms with van der Waals surface area (Å²) in [4.78, 5) is 38.0. The molecule has 0 bridgehead atoms. The minimum atomic E-state index is -0.599. The number of methoxy groups -OCH3 is 3. The lowest BCUT2D eigenvalue weighted by molar-refractivity contribution is -0.152. The first-order chi connectivity index (χ1) is 15.4. The second kappa shape index (κ2) is 12.6. The van der Waals surface area contributed by atoms with Gasteiger partial charge in [0, 0.05) is 31.2 Å². The van der Waals surface area contributed by atoms with Gasteiger partial charge in [-0.2, -0.15) is 0 Å². The van der Waals surface area contributed by atoms with Crippen molar-refractivity contribution in [1.82, 2.24) is 15.5 Å². The van der Waals surface area contributed by atoms with Gasteiger partial charge in [0.2, 0.25) is 12.5 Å². The number of hydrogen-bond donors (Lipinski definition) is 2. The molecule has 0 radical (unpaired) electrons. The van der Waals surface area contributed by atoms with Crippen LogP contribution in [0, 0.1) is 0 Å². The summed E-state index contributed by atoms with van der Waals surface area (Å²) in [6.07, 6.45) is 0.987. The van der Waals surface area contributed by atoms with Crippen molar-refractivity contribution in [3.05, 3.63) is 17.7 Å². The largest absolute Gasteiger partial charge is 0.493 e. The molecule has 0 aliphatic carbocycles. The minimum absolute atomic E-state index is 0.187. The van der Waals surface area contributed by atoms with Crippen molar-refractivity contribution in [2.24, 2.45) is 0 Å². The predicted molar refractivity (Wildman–Crippen MR) is 114 cm³/mol. The van der Waals surface area contributed by atoms with Gasteiger partial charge >= 0.3 is 12.1 Å². The molecule has 11 heteroatoms. The smallest absolute Gasteiger partial charge is 0.412 e. The van der Waals surface area contributed by atoms with Crippen LogP contribution in [0.5, 0.6) is 17.2 Å². The number of rotatable bonds is 10. The fourth-order valence-electron chi connectivity index (χ4n) is 3.28. The zero-order chi connectivity index (χ0) is 23.5. The van der Waals surface area contributed by atoms with Crippen molar-refractivity contribution in [3.8, 4) is 17.2 Å². The first-order valence-corrected chi connectivity index (χ1v) is 10.3. The molecular formula is C21H31N3O8. The van der Waals surface area contributed by atoms with Gasteiger partial charge in [-0.1, -0.05) is 0 Å². The molecule has 11 nitrogen and oxygen atoms in total. The average Bonchev–Trinajstić information content (AvgIpc) is 2.81. The Labute approximate surface area is 187 Å². The minimum Gasteiger partial charge on any atom is -0.493 e. The third-order valence-electron chi connectivity index (χ3n) is 4.92. The normalized spacial score (nSPS) is 15.5. The quantitative estimate of drug-likeness (QED) is 0.396. The van der Waals surface area contributed by atoms with Crippen LogP contribution in [0.3, 0.4) is 0 Å². The Morgan fingerprint density at radius 2 is 1.75 bits per heavy atom. The Kier molecular flexibility index (Phi) is 9.86. The number of piperidine rings is 1. The van der Waals surface area contributed by atoms with E-state index in [-0.39, 0.29) is 24.9 Å². The lowest BCUT2D eigenvalue weighted by Crippen LogP contribution is -2.49. The highest BCUT2D eigenvalue weighted by Gasteiger charge is 2.27. The Bertz CT molecular complexity index is 776. The molecule has 1 saturated heterocycles. The first-order valence-electron chi connectivity index (χ1n) is 10.3. The summed E-state index contributed by atoms with van der Waals surface area (Å²) >= 11 is 0. The van der Waals surface area contributed by atoms with Crippen LogP contribution in [-0.2, 0) is 14.3 Å². The van der Waals surface area contributed by atoms with Gasteiger partial charge in [-0.25, -0.2) is 4.79 Å². The van der Waals surface area contributed by atoms with Crippen molar-refractivity contribution < 1.29 is 38.1 Å². The Hall–Kier alpha value is -3.21. The van der Waals surface area contributed by atoms with E-state index in [1.165, 1.54) is 26.2 Å². The van der Waals surface area contributed by atoms with E-state index in [2.05, 4.69) is 10.6 Å². The predicted octanol–water partition coefficient (Wildman–Crippen LogP) is 1.15. The molecule has 32 heavy (non-hydrogen) atoms. The van der Waals surface area contributed by atoms with E-state index in [1.807, 2.05) is 0 Å². The fourth-order valence-corrected chi connectivity index (χ4v) is 3.28. The molecule has 1 heterocycles. The maximum atomic E-state index is 12.8. The van der Waals surface area contributed by atoms with Crippen molar-refractivity contribution >= 4 is 18.0 Å². The van der Waals surface area contributed by atoms with Crippen molar-refractivity contribution in [1.29, 1.82) is 0 Å². The monoisotopic (exact) mass is 453 g/mol. The number of hydrogen-bond acceptors (Lipinski definition) is 9. The molecule has 0 aromatic heterocycles. The van der Waals surface area contributed by atoms with Crippen LogP contribution < -0.4 is 24.8 Å². The van der Waals surface area contributed by atoms with Crippen LogP contribution in [0.2, 0.25) is 0 Å². The number of likely N-dealkylation sites (tertiary alicyclic amines) is 1. The molecular weight excluding hydrogens is 422 g/mol. The molecule has 1 aromatic rings. The van der Waals surface area contributed by atoms with Crippen LogP contribution in [0.25, 0.3) is 0 Å². The van der Waals surface area contributed by atoms with E-state index >= 15 is 0 Å². The van der Waals surface area contributed by atoms with Gasteiger partial charge in [0.1, 0.15) is 0 Å². The molecule has 1 aromatic carbocycles. The van der Waals surface area contributed by atoms with Gasteiger partial charge < -0.3 is 39.2 Å². The number of benzene rings is 1. The number of esters is 1. The third kappa shape index (κ3) is 6.91. The average molecular weight is 453 g/mol. The highest BCUT2D eigenvalue weighted by Crippen LogP contribution is 2.38. The molecule has 1 unspecified atom stereocenters. The lowest BCUT2D eigenvalue weighted by atomic mass is 10.1. The SMILES string of the molecule is CNCCC(=O)OCOC(=O)N1CCCC(NC(=O)c2cc(OC)c(OC)c(OC)c2)C1. The van der Waals surface area contributed by atoms with Crippen LogP contribution in [-0.4, -0.2) is 83.7 Å². The molecule has 2 amide bonds. The Morgan fingerprint density at radius 3 is 2.34 bits per heavy atom.